The van der Waals surface area contributed by atoms with Gasteiger partial charge in [-0.2, -0.15) is 5.10 Å². The summed E-state index contributed by atoms with van der Waals surface area (Å²) in [5.74, 6) is 1.81. The molecule has 2 aliphatic heterocycles. The van der Waals surface area contributed by atoms with E-state index in [-0.39, 0.29) is 17.9 Å². The molecular formula is C19H22N6O. The molecule has 0 spiro atoms. The van der Waals surface area contributed by atoms with Crippen LogP contribution in [0.3, 0.4) is 0 Å². The maximum absolute atomic E-state index is 13.0. The molecule has 2 aromatic heterocycles. The molecule has 0 aliphatic carbocycles. The van der Waals surface area contributed by atoms with Crippen molar-refractivity contribution in [3.8, 4) is 0 Å². The molecule has 1 amide bonds. The van der Waals surface area contributed by atoms with Crippen LogP contribution in [0.4, 0.5) is 5.82 Å². The fourth-order valence-electron chi connectivity index (χ4n) is 3.56. The highest BCUT2D eigenvalue weighted by Gasteiger charge is 2.35. The van der Waals surface area contributed by atoms with Crippen LogP contribution in [0.1, 0.15) is 36.7 Å². The first-order chi connectivity index (χ1) is 12.7. The van der Waals surface area contributed by atoms with Gasteiger partial charge in [-0.25, -0.2) is 20.0 Å². The van der Waals surface area contributed by atoms with Gasteiger partial charge in [-0.3, -0.25) is 4.79 Å². The third-order valence-electron chi connectivity index (χ3n) is 5.06. The first kappa shape index (κ1) is 16.6. The van der Waals surface area contributed by atoms with Gasteiger partial charge in [-0.05, 0) is 31.9 Å². The van der Waals surface area contributed by atoms with Gasteiger partial charge in [-0.1, -0.05) is 6.07 Å². The first-order valence-electron chi connectivity index (χ1n) is 9.02. The zero-order chi connectivity index (χ0) is 17.9. The lowest BCUT2D eigenvalue weighted by Crippen LogP contribution is -2.41. The van der Waals surface area contributed by atoms with E-state index < -0.39 is 0 Å². The predicted molar refractivity (Wildman–Crippen MR) is 98.6 cm³/mol. The lowest BCUT2D eigenvalue weighted by atomic mass is 9.94. The van der Waals surface area contributed by atoms with E-state index in [4.69, 9.17) is 0 Å². The van der Waals surface area contributed by atoms with E-state index in [2.05, 4.69) is 25.0 Å². The number of carbonyl (C=O) groups is 1. The summed E-state index contributed by atoms with van der Waals surface area (Å²) in [6, 6.07) is 5.84. The summed E-state index contributed by atoms with van der Waals surface area (Å²) in [4.78, 5) is 28.2. The monoisotopic (exact) mass is 350 g/mol. The van der Waals surface area contributed by atoms with Crippen molar-refractivity contribution in [3.05, 3.63) is 48.2 Å². The zero-order valence-corrected chi connectivity index (χ0v) is 14.8. The normalized spacial score (nSPS) is 20.6. The molecule has 1 saturated heterocycles. The maximum Gasteiger partial charge on any atom is 0.246 e. The van der Waals surface area contributed by atoms with Crippen molar-refractivity contribution in [1.82, 2.24) is 20.0 Å². The molecule has 0 N–H and O–H groups in total. The molecule has 4 heterocycles. The number of nitrogens with zero attached hydrogens (tertiary/aromatic N) is 6. The molecule has 1 unspecified atom stereocenters. The topological polar surface area (TPSA) is 74.6 Å². The third-order valence-corrected chi connectivity index (χ3v) is 5.06. The van der Waals surface area contributed by atoms with Crippen molar-refractivity contribution in [2.45, 2.75) is 32.2 Å². The van der Waals surface area contributed by atoms with Crippen LogP contribution < -0.4 is 4.90 Å². The highest BCUT2D eigenvalue weighted by atomic mass is 16.2. The molecule has 0 radical (unpaired) electrons. The van der Waals surface area contributed by atoms with Gasteiger partial charge in [-0.15, -0.1) is 0 Å². The minimum absolute atomic E-state index is 0.000853. The van der Waals surface area contributed by atoms with Crippen LogP contribution in [0.2, 0.25) is 0 Å². The Morgan fingerprint density at radius 3 is 2.58 bits per heavy atom. The number of piperidine rings is 1. The van der Waals surface area contributed by atoms with E-state index in [9.17, 15) is 4.79 Å². The second-order valence-electron chi connectivity index (χ2n) is 6.75. The summed E-state index contributed by atoms with van der Waals surface area (Å²) in [5, 5.41) is 5.98. The van der Waals surface area contributed by atoms with E-state index in [1.165, 1.54) is 0 Å². The van der Waals surface area contributed by atoms with Crippen LogP contribution in [0.25, 0.3) is 0 Å². The number of pyridine rings is 1. The van der Waals surface area contributed by atoms with E-state index in [0.29, 0.717) is 6.42 Å². The minimum Gasteiger partial charge on any atom is -0.357 e. The number of carbonyl (C=O) groups excluding carboxylic acids is 1. The molecule has 26 heavy (non-hydrogen) atoms. The number of aromatic nitrogens is 3. The van der Waals surface area contributed by atoms with Crippen molar-refractivity contribution in [1.29, 1.82) is 0 Å². The molecule has 7 nitrogen and oxygen atoms in total. The Balaban J connectivity index is 1.41. The Morgan fingerprint density at radius 2 is 1.88 bits per heavy atom. The fourth-order valence-corrected chi connectivity index (χ4v) is 3.56. The number of hydrazone groups is 1. The van der Waals surface area contributed by atoms with Crippen LogP contribution in [-0.4, -0.2) is 45.2 Å². The van der Waals surface area contributed by atoms with Crippen molar-refractivity contribution < 1.29 is 4.79 Å². The zero-order valence-electron chi connectivity index (χ0n) is 14.8. The second kappa shape index (κ2) is 7.19. The molecule has 0 aromatic carbocycles. The lowest BCUT2D eigenvalue weighted by molar-refractivity contribution is -0.138. The van der Waals surface area contributed by atoms with Gasteiger partial charge in [0.2, 0.25) is 5.91 Å². The molecule has 134 valence electrons. The Hall–Kier alpha value is -2.83. The Morgan fingerprint density at radius 1 is 1.12 bits per heavy atom. The molecule has 2 aliphatic rings. The van der Waals surface area contributed by atoms with Gasteiger partial charge in [0.05, 0.1) is 6.04 Å². The van der Waals surface area contributed by atoms with Gasteiger partial charge in [0.1, 0.15) is 11.6 Å². The van der Waals surface area contributed by atoms with Gasteiger partial charge in [0.25, 0.3) is 0 Å². The number of amides is 1. The Bertz CT molecular complexity index is 783. The average Bonchev–Trinajstić information content (AvgIpc) is 3.19. The smallest absolute Gasteiger partial charge is 0.246 e. The average molecular weight is 350 g/mol. The molecule has 1 fully saturated rings. The van der Waals surface area contributed by atoms with Crippen molar-refractivity contribution in [2.24, 2.45) is 11.0 Å². The van der Waals surface area contributed by atoms with Crippen LogP contribution in [-0.2, 0) is 4.79 Å². The summed E-state index contributed by atoms with van der Waals surface area (Å²) < 4.78 is 0. The second-order valence-corrected chi connectivity index (χ2v) is 6.75. The SMILES string of the molecule is Cc1ncc(C2CC=NN2C(=O)C2CCN(c3ccccn3)CC2)cn1. The molecule has 0 bridgehead atoms. The highest BCUT2D eigenvalue weighted by Crippen LogP contribution is 2.31. The lowest BCUT2D eigenvalue weighted by Gasteiger charge is -2.34. The van der Waals surface area contributed by atoms with E-state index in [0.717, 1.165) is 43.1 Å². The molecule has 2 aromatic rings. The van der Waals surface area contributed by atoms with Crippen molar-refractivity contribution >= 4 is 17.9 Å². The maximum atomic E-state index is 13.0. The van der Waals surface area contributed by atoms with Gasteiger partial charge in [0, 0.05) is 55.8 Å². The van der Waals surface area contributed by atoms with Crippen molar-refractivity contribution in [2.75, 3.05) is 18.0 Å². The van der Waals surface area contributed by atoms with Crippen LogP contribution in [0.5, 0.6) is 0 Å². The van der Waals surface area contributed by atoms with Crippen LogP contribution >= 0.6 is 0 Å². The van der Waals surface area contributed by atoms with Crippen LogP contribution in [0, 0.1) is 12.8 Å². The summed E-state index contributed by atoms with van der Waals surface area (Å²) in [6.07, 6.45) is 9.56. The van der Waals surface area contributed by atoms with Crippen molar-refractivity contribution in [3.63, 3.8) is 0 Å². The third kappa shape index (κ3) is 3.29. The molecular weight excluding hydrogens is 328 g/mol. The number of rotatable bonds is 3. The molecule has 0 saturated carbocycles. The van der Waals surface area contributed by atoms with E-state index in [1.807, 2.05) is 31.3 Å². The quantitative estimate of drug-likeness (QED) is 0.849. The number of aryl methyl sites for hydroxylation is 1. The van der Waals surface area contributed by atoms with Gasteiger partial charge >= 0.3 is 0 Å². The number of hydrogen-bond acceptors (Lipinski definition) is 6. The first-order valence-corrected chi connectivity index (χ1v) is 9.02. The minimum atomic E-state index is -0.0862. The number of hydrogen-bond donors (Lipinski definition) is 0. The largest absolute Gasteiger partial charge is 0.357 e. The molecule has 7 heteroatoms. The highest BCUT2D eigenvalue weighted by molar-refractivity contribution is 5.82. The summed E-state index contributed by atoms with van der Waals surface area (Å²) in [7, 11) is 0. The predicted octanol–water partition coefficient (Wildman–Crippen LogP) is 2.36. The Labute approximate surface area is 152 Å². The van der Waals surface area contributed by atoms with Crippen LogP contribution in [0.15, 0.2) is 41.9 Å². The molecule has 4 rings (SSSR count). The van der Waals surface area contributed by atoms with E-state index >= 15 is 0 Å². The molecule has 1 atom stereocenters. The van der Waals surface area contributed by atoms with E-state index in [1.54, 1.807) is 23.6 Å². The Kier molecular flexibility index (Phi) is 4.60. The standard InChI is InChI=1S/C19H22N6O/c1-14-21-12-16(13-22-14)17-5-9-23-25(17)19(26)15-6-10-24(11-7-15)18-4-2-3-8-20-18/h2-4,8-9,12-13,15,17H,5-7,10-11H2,1H3. The fraction of sp³-hybridized carbons (Fsp3) is 0.421. The summed E-state index contributed by atoms with van der Waals surface area (Å²) >= 11 is 0. The number of anilines is 1. The van der Waals surface area contributed by atoms with Gasteiger partial charge < -0.3 is 4.90 Å². The summed E-state index contributed by atoms with van der Waals surface area (Å²) in [5.41, 5.74) is 0.937. The van der Waals surface area contributed by atoms with Gasteiger partial charge in [0.15, 0.2) is 0 Å². The summed E-state index contributed by atoms with van der Waals surface area (Å²) in [6.45, 7) is 3.53.